The monoisotopic (exact) mass is 374 g/mol. The molecule has 8 nitrogen and oxygen atoms in total. The lowest BCUT2D eigenvalue weighted by Crippen LogP contribution is -2.30. The lowest BCUT2D eigenvalue weighted by Gasteiger charge is -2.16. The first kappa shape index (κ1) is 15.1. The van der Waals surface area contributed by atoms with Crippen LogP contribution in [0.15, 0.2) is 53.4 Å². The highest BCUT2D eigenvalue weighted by molar-refractivity contribution is 9.10. The number of nitrogens with zero attached hydrogens (tertiary/aromatic N) is 6. The van der Waals surface area contributed by atoms with Crippen LogP contribution in [-0.4, -0.2) is 38.3 Å². The Kier molecular flexibility index (Phi) is 4.29. The van der Waals surface area contributed by atoms with E-state index in [0.717, 1.165) is 4.47 Å². The van der Waals surface area contributed by atoms with Crippen molar-refractivity contribution in [3.8, 4) is 11.4 Å². The van der Waals surface area contributed by atoms with E-state index in [2.05, 4.69) is 36.4 Å². The van der Waals surface area contributed by atoms with Gasteiger partial charge in [-0.3, -0.25) is 4.90 Å². The first-order chi connectivity index (χ1) is 11.1. The van der Waals surface area contributed by atoms with Gasteiger partial charge in [0.2, 0.25) is 0 Å². The summed E-state index contributed by atoms with van der Waals surface area (Å²) in [5, 5.41) is 10.9. The van der Waals surface area contributed by atoms with Gasteiger partial charge >= 0.3 is 6.09 Å². The van der Waals surface area contributed by atoms with Crippen LogP contribution in [0.25, 0.3) is 5.69 Å². The molecule has 1 amide bonds. The molecule has 3 rings (SSSR count). The van der Waals surface area contributed by atoms with E-state index in [1.165, 1.54) is 15.9 Å². The van der Waals surface area contributed by atoms with Crippen LogP contribution in [0.1, 0.15) is 0 Å². The number of hydrogen-bond donors (Lipinski definition) is 0. The Labute approximate surface area is 139 Å². The first-order valence-corrected chi connectivity index (χ1v) is 7.33. The number of hydrogen-bond acceptors (Lipinski definition) is 6. The fourth-order valence-corrected chi connectivity index (χ4v) is 2.03. The lowest BCUT2D eigenvalue weighted by molar-refractivity contribution is 0.209. The maximum absolute atomic E-state index is 12.2. The molecule has 0 saturated heterocycles. The van der Waals surface area contributed by atoms with Crippen LogP contribution < -0.4 is 9.64 Å². The Morgan fingerprint density at radius 1 is 1.30 bits per heavy atom. The topological polar surface area (TPSA) is 86.0 Å². The summed E-state index contributed by atoms with van der Waals surface area (Å²) in [6, 6.07) is 10.4. The Morgan fingerprint density at radius 3 is 2.87 bits per heavy atom. The number of halogens is 1. The summed E-state index contributed by atoms with van der Waals surface area (Å²) in [6.07, 6.45) is 2.52. The maximum Gasteiger partial charge on any atom is 0.420 e. The number of anilines is 1. The summed E-state index contributed by atoms with van der Waals surface area (Å²) in [5.41, 5.74) is 0.685. The molecule has 0 radical (unpaired) electrons. The highest BCUT2D eigenvalue weighted by Gasteiger charge is 2.15. The molecule has 0 aliphatic heterocycles. The number of carbonyl (C=O) groups is 1. The van der Waals surface area contributed by atoms with Crippen molar-refractivity contribution in [2.45, 2.75) is 0 Å². The molecular weight excluding hydrogens is 364 g/mol. The zero-order valence-electron chi connectivity index (χ0n) is 12.0. The molecule has 9 heteroatoms. The molecule has 0 aliphatic carbocycles. The van der Waals surface area contributed by atoms with Gasteiger partial charge in [0, 0.05) is 23.8 Å². The molecule has 2 aromatic heterocycles. The molecule has 1 aromatic carbocycles. The number of ether oxygens (including phenoxy) is 1. The summed E-state index contributed by atoms with van der Waals surface area (Å²) in [6.45, 7) is 0. The molecule has 0 atom stereocenters. The Bertz CT molecular complexity index is 806. The first-order valence-electron chi connectivity index (χ1n) is 6.54. The van der Waals surface area contributed by atoms with Crippen molar-refractivity contribution in [3.63, 3.8) is 0 Å². The molecule has 0 unspecified atom stereocenters. The van der Waals surface area contributed by atoms with Gasteiger partial charge < -0.3 is 4.74 Å². The van der Waals surface area contributed by atoms with Gasteiger partial charge in [-0.1, -0.05) is 6.07 Å². The third-order valence-corrected chi connectivity index (χ3v) is 3.43. The largest absolute Gasteiger partial charge is 0.420 e. The minimum Gasteiger partial charge on any atom is -0.410 e. The second-order valence-electron chi connectivity index (χ2n) is 4.51. The minimum atomic E-state index is -0.548. The van der Waals surface area contributed by atoms with Gasteiger partial charge in [-0.15, -0.1) is 5.10 Å². The van der Waals surface area contributed by atoms with E-state index in [1.54, 1.807) is 49.6 Å². The third-order valence-electron chi connectivity index (χ3n) is 2.97. The number of rotatable bonds is 3. The van der Waals surface area contributed by atoms with Crippen LogP contribution in [0.2, 0.25) is 0 Å². The van der Waals surface area contributed by atoms with Crippen LogP contribution in [0.3, 0.4) is 0 Å². The Balaban J connectivity index is 1.75. The highest BCUT2D eigenvalue weighted by atomic mass is 79.9. The van der Waals surface area contributed by atoms with Crippen molar-refractivity contribution in [3.05, 3.63) is 53.4 Å². The van der Waals surface area contributed by atoms with Crippen LogP contribution in [-0.2, 0) is 0 Å². The number of pyridine rings is 1. The van der Waals surface area contributed by atoms with Gasteiger partial charge in [0.1, 0.15) is 17.9 Å². The number of carbonyl (C=O) groups excluding carboxylic acids is 1. The molecule has 3 aromatic rings. The number of amides is 1. The second kappa shape index (κ2) is 6.53. The normalized spacial score (nSPS) is 10.3. The van der Waals surface area contributed by atoms with Crippen LogP contribution >= 0.6 is 15.9 Å². The minimum absolute atomic E-state index is 0.381. The van der Waals surface area contributed by atoms with E-state index in [4.69, 9.17) is 4.74 Å². The Morgan fingerprint density at radius 2 is 2.17 bits per heavy atom. The van der Waals surface area contributed by atoms with E-state index in [0.29, 0.717) is 17.3 Å². The molecule has 2 heterocycles. The highest BCUT2D eigenvalue weighted by Crippen LogP contribution is 2.18. The second-order valence-corrected chi connectivity index (χ2v) is 5.43. The van der Waals surface area contributed by atoms with Crippen LogP contribution in [0, 0.1) is 0 Å². The van der Waals surface area contributed by atoms with Gasteiger partial charge in [0.25, 0.3) is 0 Å². The number of benzene rings is 1. The van der Waals surface area contributed by atoms with Crippen molar-refractivity contribution in [2.24, 2.45) is 0 Å². The van der Waals surface area contributed by atoms with Gasteiger partial charge in [-0.2, -0.15) is 0 Å². The van der Waals surface area contributed by atoms with Crippen molar-refractivity contribution in [1.29, 1.82) is 0 Å². The number of aromatic nitrogens is 5. The van der Waals surface area contributed by atoms with E-state index >= 15 is 0 Å². The summed E-state index contributed by atoms with van der Waals surface area (Å²) in [7, 11) is 1.59. The molecule has 0 saturated carbocycles. The van der Waals surface area contributed by atoms with Crippen molar-refractivity contribution in [2.75, 3.05) is 11.9 Å². The quantitative estimate of drug-likeness (QED) is 0.699. The average molecular weight is 375 g/mol. The van der Waals surface area contributed by atoms with Gasteiger partial charge in [-0.25, -0.2) is 14.5 Å². The smallest absolute Gasteiger partial charge is 0.410 e. The van der Waals surface area contributed by atoms with Gasteiger partial charge in [0.05, 0.1) is 5.69 Å². The standard InChI is InChI=1S/C14H11BrN6O2/c1-20(13-6-5-10(15)8-16-13)14(22)23-12-4-2-3-11(7-12)21-9-17-18-19-21/h2-9H,1H3. The van der Waals surface area contributed by atoms with E-state index in [9.17, 15) is 4.79 Å². The van der Waals surface area contributed by atoms with Crippen molar-refractivity contribution < 1.29 is 9.53 Å². The molecule has 23 heavy (non-hydrogen) atoms. The molecule has 0 fully saturated rings. The molecule has 0 N–H and O–H groups in total. The zero-order valence-corrected chi connectivity index (χ0v) is 13.6. The zero-order chi connectivity index (χ0) is 16.2. The third kappa shape index (κ3) is 3.51. The summed E-state index contributed by atoms with van der Waals surface area (Å²) < 4.78 is 7.65. The lowest BCUT2D eigenvalue weighted by atomic mass is 10.3. The fourth-order valence-electron chi connectivity index (χ4n) is 1.80. The fraction of sp³-hybridized carbons (Fsp3) is 0.0714. The molecule has 116 valence electrons. The van der Waals surface area contributed by atoms with Crippen LogP contribution in [0.4, 0.5) is 10.6 Å². The van der Waals surface area contributed by atoms with Crippen LogP contribution in [0.5, 0.6) is 5.75 Å². The molecule has 0 spiro atoms. The molecule has 0 aliphatic rings. The predicted molar refractivity (Wildman–Crippen MR) is 85.5 cm³/mol. The van der Waals surface area contributed by atoms with E-state index in [-0.39, 0.29) is 0 Å². The predicted octanol–water partition coefficient (Wildman–Crippen LogP) is 2.46. The average Bonchev–Trinajstić information content (AvgIpc) is 3.10. The molecule has 0 bridgehead atoms. The van der Waals surface area contributed by atoms with E-state index < -0.39 is 6.09 Å². The van der Waals surface area contributed by atoms with Crippen molar-refractivity contribution >= 4 is 27.8 Å². The summed E-state index contributed by atoms with van der Waals surface area (Å²) >= 11 is 3.30. The van der Waals surface area contributed by atoms with Gasteiger partial charge in [0.15, 0.2) is 0 Å². The SMILES string of the molecule is CN(C(=O)Oc1cccc(-n2cnnn2)c1)c1ccc(Br)cn1. The molecular formula is C14H11BrN6O2. The Hall–Kier alpha value is -2.81. The maximum atomic E-state index is 12.2. The van der Waals surface area contributed by atoms with E-state index in [1.807, 2.05) is 0 Å². The van der Waals surface area contributed by atoms with Gasteiger partial charge in [-0.05, 0) is 50.6 Å². The number of tetrazole rings is 1. The van der Waals surface area contributed by atoms with Crippen molar-refractivity contribution in [1.82, 2.24) is 25.2 Å². The summed E-state index contributed by atoms with van der Waals surface area (Å²) in [5.74, 6) is 0.863. The summed E-state index contributed by atoms with van der Waals surface area (Å²) in [4.78, 5) is 17.7.